The maximum atomic E-state index is 11.5. The highest BCUT2D eigenvalue weighted by Crippen LogP contribution is 2.01. The third-order valence-corrected chi connectivity index (χ3v) is 2.50. The minimum Gasteiger partial charge on any atom is -0.355 e. The molecule has 0 spiro atoms. The first-order chi connectivity index (χ1) is 8.72. The molecule has 1 aromatic rings. The number of rotatable bonds is 7. The number of amides is 2. The average Bonchev–Trinajstić information content (AvgIpc) is 2.41. The Morgan fingerprint density at radius 2 is 1.78 bits per heavy atom. The molecule has 0 atom stereocenters. The largest absolute Gasteiger partial charge is 0.355 e. The molecule has 0 aliphatic rings. The van der Waals surface area contributed by atoms with Gasteiger partial charge in [-0.05, 0) is 18.4 Å². The molecule has 4 heteroatoms. The number of hydrogen-bond acceptors (Lipinski definition) is 2. The zero-order valence-corrected chi connectivity index (χ0v) is 10.7. The van der Waals surface area contributed by atoms with E-state index in [0.29, 0.717) is 19.4 Å². The van der Waals surface area contributed by atoms with Crippen molar-refractivity contribution in [3.63, 3.8) is 0 Å². The Bertz CT molecular complexity index is 377. The Morgan fingerprint density at radius 3 is 2.44 bits per heavy atom. The monoisotopic (exact) mass is 248 g/mol. The van der Waals surface area contributed by atoms with Crippen LogP contribution in [0.1, 0.15) is 25.3 Å². The molecule has 0 unspecified atom stereocenters. The Kier molecular flexibility index (Phi) is 6.54. The first kappa shape index (κ1) is 14.2. The molecule has 4 nitrogen and oxygen atoms in total. The van der Waals surface area contributed by atoms with Crippen LogP contribution in [0.2, 0.25) is 0 Å². The van der Waals surface area contributed by atoms with E-state index in [-0.39, 0.29) is 18.4 Å². The Morgan fingerprint density at radius 1 is 1.06 bits per heavy atom. The van der Waals surface area contributed by atoms with Crippen molar-refractivity contribution in [2.45, 2.75) is 26.2 Å². The molecular weight excluding hydrogens is 228 g/mol. The summed E-state index contributed by atoms with van der Waals surface area (Å²) in [6.07, 6.45) is 2.00. The molecule has 0 aliphatic heterocycles. The van der Waals surface area contributed by atoms with Gasteiger partial charge in [0.25, 0.3) is 0 Å². The van der Waals surface area contributed by atoms with Crippen molar-refractivity contribution in [3.8, 4) is 0 Å². The van der Waals surface area contributed by atoms with Gasteiger partial charge in [0.1, 0.15) is 0 Å². The number of carbonyl (C=O) groups is 2. The number of aryl methyl sites for hydroxylation is 1. The predicted molar refractivity (Wildman–Crippen MR) is 71.1 cm³/mol. The summed E-state index contributed by atoms with van der Waals surface area (Å²) in [5.41, 5.74) is 1.13. The normalized spacial score (nSPS) is 9.83. The third-order valence-electron chi connectivity index (χ3n) is 2.50. The Balaban J connectivity index is 2.16. The third kappa shape index (κ3) is 6.03. The van der Waals surface area contributed by atoms with E-state index >= 15 is 0 Å². The Labute approximate surface area is 108 Å². The number of nitrogens with one attached hydrogen (secondary N) is 2. The van der Waals surface area contributed by atoms with Gasteiger partial charge < -0.3 is 10.6 Å². The molecule has 2 amide bonds. The summed E-state index contributed by atoms with van der Waals surface area (Å²) >= 11 is 0. The highest BCUT2D eigenvalue weighted by atomic mass is 16.2. The fourth-order valence-corrected chi connectivity index (χ4v) is 1.50. The van der Waals surface area contributed by atoms with Crippen LogP contribution in [-0.2, 0) is 16.0 Å². The highest BCUT2D eigenvalue weighted by molar-refractivity contribution is 5.84. The summed E-state index contributed by atoms with van der Waals surface area (Å²) < 4.78 is 0. The van der Waals surface area contributed by atoms with Gasteiger partial charge in [-0.25, -0.2) is 0 Å². The van der Waals surface area contributed by atoms with Crippen LogP contribution < -0.4 is 10.6 Å². The molecule has 2 N–H and O–H groups in total. The van der Waals surface area contributed by atoms with Gasteiger partial charge in [0.2, 0.25) is 11.8 Å². The molecule has 0 aliphatic carbocycles. The van der Waals surface area contributed by atoms with Crippen LogP contribution >= 0.6 is 0 Å². The molecule has 0 saturated carbocycles. The van der Waals surface area contributed by atoms with Gasteiger partial charge >= 0.3 is 0 Å². The van der Waals surface area contributed by atoms with Crippen LogP contribution in [0.4, 0.5) is 0 Å². The molecule has 0 saturated heterocycles. The summed E-state index contributed by atoms with van der Waals surface area (Å²) in [4.78, 5) is 22.8. The molecule has 98 valence electrons. The van der Waals surface area contributed by atoms with Crippen molar-refractivity contribution in [3.05, 3.63) is 35.9 Å². The van der Waals surface area contributed by atoms with E-state index in [9.17, 15) is 9.59 Å². The van der Waals surface area contributed by atoms with E-state index in [1.54, 1.807) is 0 Å². The van der Waals surface area contributed by atoms with Crippen LogP contribution in [0, 0.1) is 0 Å². The molecule has 0 fully saturated rings. The van der Waals surface area contributed by atoms with Gasteiger partial charge in [-0.2, -0.15) is 0 Å². The van der Waals surface area contributed by atoms with Crippen LogP contribution in [0.15, 0.2) is 30.3 Å². The molecular formula is C14H20N2O2. The topological polar surface area (TPSA) is 58.2 Å². The first-order valence-corrected chi connectivity index (χ1v) is 6.29. The van der Waals surface area contributed by atoms with Gasteiger partial charge in [0.05, 0.1) is 6.54 Å². The maximum absolute atomic E-state index is 11.5. The van der Waals surface area contributed by atoms with E-state index in [1.165, 1.54) is 0 Å². The van der Waals surface area contributed by atoms with Crippen LogP contribution in [0.3, 0.4) is 0 Å². The van der Waals surface area contributed by atoms with Crippen LogP contribution in [-0.4, -0.2) is 24.9 Å². The second-order valence-electron chi connectivity index (χ2n) is 4.11. The molecule has 1 aromatic carbocycles. The zero-order valence-electron chi connectivity index (χ0n) is 10.7. The van der Waals surface area contributed by atoms with Crippen molar-refractivity contribution < 1.29 is 9.59 Å². The number of hydrogen-bond donors (Lipinski definition) is 2. The van der Waals surface area contributed by atoms with Gasteiger partial charge in [-0.1, -0.05) is 37.3 Å². The van der Waals surface area contributed by atoms with Gasteiger partial charge in [-0.15, -0.1) is 0 Å². The summed E-state index contributed by atoms with van der Waals surface area (Å²) in [6, 6.07) is 9.82. The van der Waals surface area contributed by atoms with Gasteiger partial charge in [0, 0.05) is 13.0 Å². The molecule has 0 bridgehead atoms. The van der Waals surface area contributed by atoms with Crippen LogP contribution in [0.25, 0.3) is 0 Å². The first-order valence-electron chi connectivity index (χ1n) is 6.29. The Hall–Kier alpha value is -1.84. The lowest BCUT2D eigenvalue weighted by Gasteiger charge is -2.06. The minimum atomic E-state index is -0.134. The van der Waals surface area contributed by atoms with E-state index in [4.69, 9.17) is 0 Å². The fourth-order valence-electron chi connectivity index (χ4n) is 1.50. The number of carbonyl (C=O) groups excluding carboxylic acids is 2. The van der Waals surface area contributed by atoms with E-state index < -0.39 is 0 Å². The van der Waals surface area contributed by atoms with E-state index in [0.717, 1.165) is 12.0 Å². The van der Waals surface area contributed by atoms with Gasteiger partial charge in [0.15, 0.2) is 0 Å². The molecule has 18 heavy (non-hydrogen) atoms. The molecule has 1 rings (SSSR count). The SMILES string of the molecule is CCCNC(=O)CNC(=O)CCc1ccccc1. The van der Waals surface area contributed by atoms with E-state index in [2.05, 4.69) is 10.6 Å². The summed E-state index contributed by atoms with van der Waals surface area (Å²) in [5.74, 6) is -0.226. The highest BCUT2D eigenvalue weighted by Gasteiger charge is 2.04. The van der Waals surface area contributed by atoms with Crippen molar-refractivity contribution in [1.29, 1.82) is 0 Å². The number of benzene rings is 1. The quantitative estimate of drug-likeness (QED) is 0.763. The lowest BCUT2D eigenvalue weighted by atomic mass is 10.1. The van der Waals surface area contributed by atoms with Crippen molar-refractivity contribution in [1.82, 2.24) is 10.6 Å². The summed E-state index contributed by atoms with van der Waals surface area (Å²) in [7, 11) is 0. The average molecular weight is 248 g/mol. The second-order valence-corrected chi connectivity index (χ2v) is 4.11. The van der Waals surface area contributed by atoms with Crippen molar-refractivity contribution in [2.24, 2.45) is 0 Å². The maximum Gasteiger partial charge on any atom is 0.239 e. The van der Waals surface area contributed by atoms with Gasteiger partial charge in [-0.3, -0.25) is 9.59 Å². The van der Waals surface area contributed by atoms with Crippen LogP contribution in [0.5, 0.6) is 0 Å². The lowest BCUT2D eigenvalue weighted by molar-refractivity contribution is -0.126. The zero-order chi connectivity index (χ0) is 13.2. The second kappa shape index (κ2) is 8.28. The summed E-state index contributed by atoms with van der Waals surface area (Å²) in [6.45, 7) is 2.70. The lowest BCUT2D eigenvalue weighted by Crippen LogP contribution is -2.37. The molecule has 0 radical (unpaired) electrons. The predicted octanol–water partition coefficient (Wildman–Crippen LogP) is 1.26. The standard InChI is InChI=1S/C14H20N2O2/c1-2-10-15-14(18)11-16-13(17)9-8-12-6-4-3-5-7-12/h3-7H,2,8-11H2,1H3,(H,15,18)(H,16,17). The van der Waals surface area contributed by atoms with E-state index in [1.807, 2.05) is 37.3 Å². The van der Waals surface area contributed by atoms with Crippen molar-refractivity contribution in [2.75, 3.05) is 13.1 Å². The molecule has 0 aromatic heterocycles. The summed E-state index contributed by atoms with van der Waals surface area (Å²) in [5, 5.41) is 5.32. The smallest absolute Gasteiger partial charge is 0.239 e. The molecule has 0 heterocycles. The van der Waals surface area contributed by atoms with Crippen molar-refractivity contribution >= 4 is 11.8 Å². The minimum absolute atomic E-state index is 0.0631. The fraction of sp³-hybridized carbons (Fsp3) is 0.429.